The van der Waals surface area contributed by atoms with Crippen molar-refractivity contribution in [1.29, 1.82) is 0 Å². The van der Waals surface area contributed by atoms with E-state index in [1.54, 1.807) is 0 Å². The van der Waals surface area contributed by atoms with Crippen LogP contribution >= 0.6 is 11.3 Å². The van der Waals surface area contributed by atoms with Crippen LogP contribution in [-0.4, -0.2) is 0 Å². The first-order valence-electron chi connectivity index (χ1n) is 17.9. The molecule has 2 aromatic heterocycles. The van der Waals surface area contributed by atoms with Crippen molar-refractivity contribution >= 4 is 81.3 Å². The van der Waals surface area contributed by atoms with Crippen molar-refractivity contribution in [3.8, 4) is 22.3 Å². The molecule has 0 unspecified atom stereocenters. The second kappa shape index (κ2) is 10.9. The van der Waals surface area contributed by atoms with Crippen LogP contribution in [0.15, 0.2) is 168 Å². The van der Waals surface area contributed by atoms with E-state index in [0.717, 1.165) is 38.9 Å². The van der Waals surface area contributed by atoms with Crippen molar-refractivity contribution < 1.29 is 4.42 Å². The molecule has 0 atom stereocenters. The largest absolute Gasteiger partial charge is 0.455 e. The number of fused-ring (bicyclic) bond motifs is 10. The molecule has 1 aliphatic carbocycles. The highest BCUT2D eigenvalue weighted by Gasteiger charge is 2.38. The number of nitrogens with zero attached hydrogens (tertiary/aromatic N) is 1. The van der Waals surface area contributed by atoms with E-state index in [4.69, 9.17) is 4.42 Å². The zero-order valence-electron chi connectivity index (χ0n) is 28.9. The molecule has 8 aromatic carbocycles. The van der Waals surface area contributed by atoms with Crippen LogP contribution in [0.25, 0.3) is 75.1 Å². The molecule has 0 fully saturated rings. The fourth-order valence-corrected chi connectivity index (χ4v) is 10.0. The molecule has 246 valence electrons. The van der Waals surface area contributed by atoms with Gasteiger partial charge in [0.2, 0.25) is 0 Å². The molecule has 0 aliphatic heterocycles. The molecule has 0 spiro atoms. The third-order valence-electron chi connectivity index (χ3n) is 11.3. The lowest BCUT2D eigenvalue weighted by molar-refractivity contribution is 0.660. The molecular formula is C49H33NOS. The molecule has 2 nitrogen and oxygen atoms in total. The van der Waals surface area contributed by atoms with Crippen LogP contribution in [0.1, 0.15) is 25.0 Å². The molecule has 3 heteroatoms. The highest BCUT2D eigenvalue weighted by Crippen LogP contribution is 2.57. The highest BCUT2D eigenvalue weighted by atomic mass is 32.1. The van der Waals surface area contributed by atoms with Gasteiger partial charge in [-0.05, 0) is 75.5 Å². The first kappa shape index (κ1) is 29.6. The number of thiophene rings is 1. The number of furan rings is 1. The normalized spacial score (nSPS) is 13.3. The van der Waals surface area contributed by atoms with Crippen molar-refractivity contribution in [2.45, 2.75) is 19.3 Å². The lowest BCUT2D eigenvalue weighted by Gasteiger charge is -2.30. The average Bonchev–Trinajstić information content (AvgIpc) is 3.84. The number of para-hydroxylation sites is 1. The molecule has 10 aromatic rings. The van der Waals surface area contributed by atoms with Crippen LogP contribution in [0.4, 0.5) is 17.1 Å². The van der Waals surface area contributed by atoms with E-state index in [1.807, 2.05) is 11.3 Å². The van der Waals surface area contributed by atoms with E-state index in [2.05, 4.69) is 183 Å². The number of hydrogen-bond donors (Lipinski definition) is 0. The van der Waals surface area contributed by atoms with Crippen LogP contribution in [0.5, 0.6) is 0 Å². The van der Waals surface area contributed by atoms with E-state index in [1.165, 1.54) is 64.4 Å². The molecule has 0 amide bonds. The molecule has 11 rings (SSSR count). The maximum atomic E-state index is 6.95. The fourth-order valence-electron chi connectivity index (χ4n) is 8.92. The molecule has 0 saturated carbocycles. The minimum Gasteiger partial charge on any atom is -0.455 e. The van der Waals surface area contributed by atoms with E-state index in [9.17, 15) is 0 Å². The first-order chi connectivity index (χ1) is 25.6. The van der Waals surface area contributed by atoms with Gasteiger partial charge in [-0.25, -0.2) is 0 Å². The summed E-state index contributed by atoms with van der Waals surface area (Å²) in [7, 11) is 0. The van der Waals surface area contributed by atoms with Gasteiger partial charge in [0.15, 0.2) is 0 Å². The molecule has 0 radical (unpaired) electrons. The van der Waals surface area contributed by atoms with Crippen molar-refractivity contribution in [1.82, 2.24) is 0 Å². The van der Waals surface area contributed by atoms with E-state index in [-0.39, 0.29) is 5.41 Å². The molecular weight excluding hydrogens is 651 g/mol. The summed E-state index contributed by atoms with van der Waals surface area (Å²) in [6, 6.07) is 59.8. The Morgan fingerprint density at radius 2 is 1.10 bits per heavy atom. The summed E-state index contributed by atoms with van der Waals surface area (Å²) in [4.78, 5) is 2.54. The lowest BCUT2D eigenvalue weighted by Crippen LogP contribution is -2.16. The van der Waals surface area contributed by atoms with Gasteiger partial charge < -0.3 is 9.32 Å². The summed E-state index contributed by atoms with van der Waals surface area (Å²) in [6.07, 6.45) is 0. The third kappa shape index (κ3) is 4.06. The molecule has 1 aliphatic rings. The summed E-state index contributed by atoms with van der Waals surface area (Å²) >= 11 is 1.86. The minimum atomic E-state index is -0.134. The van der Waals surface area contributed by atoms with Gasteiger partial charge in [-0.3, -0.25) is 0 Å². The van der Waals surface area contributed by atoms with Crippen molar-refractivity contribution in [3.63, 3.8) is 0 Å². The summed E-state index contributed by atoms with van der Waals surface area (Å²) in [5.41, 5.74) is 12.6. The van der Waals surface area contributed by atoms with Gasteiger partial charge in [0.25, 0.3) is 0 Å². The summed E-state index contributed by atoms with van der Waals surface area (Å²) in [5, 5.41) is 7.19. The van der Waals surface area contributed by atoms with Crippen LogP contribution in [0.2, 0.25) is 0 Å². The minimum absolute atomic E-state index is 0.134. The maximum Gasteiger partial charge on any atom is 0.145 e. The van der Waals surface area contributed by atoms with Crippen molar-refractivity contribution in [2.24, 2.45) is 0 Å². The SMILES string of the molecule is CC1(C)c2ccccc2-c2c(N(c3cccc4sc5ccccc5c34)c3ccc(-c4cccc5ccccc45)c4oc5ccccc5c34)cccc21. The van der Waals surface area contributed by atoms with Crippen LogP contribution in [0, 0.1) is 0 Å². The maximum absolute atomic E-state index is 6.95. The Hall–Kier alpha value is -6.16. The summed E-state index contributed by atoms with van der Waals surface area (Å²) < 4.78 is 9.52. The van der Waals surface area contributed by atoms with Gasteiger partial charge >= 0.3 is 0 Å². The molecule has 2 heterocycles. The summed E-state index contributed by atoms with van der Waals surface area (Å²) in [6.45, 7) is 4.72. The standard InChI is InChI=1S/C49H33NOS/c1-49(2)37-21-8-5-17-34(37)45-38(49)22-12-23-39(45)50(40-24-13-27-44-46(40)36-19-7-10-26-43(36)52-44)41-29-28-33(32-20-11-15-30-14-3-4-16-31(30)32)48-47(41)35-18-6-9-25-42(35)51-48/h3-29H,1-2H3. The smallest absolute Gasteiger partial charge is 0.145 e. The third-order valence-corrected chi connectivity index (χ3v) is 12.4. The van der Waals surface area contributed by atoms with Gasteiger partial charge in [-0.2, -0.15) is 0 Å². The van der Waals surface area contributed by atoms with Gasteiger partial charge in [0.05, 0.1) is 22.4 Å². The van der Waals surface area contributed by atoms with Crippen LogP contribution in [-0.2, 0) is 5.41 Å². The molecule has 0 N–H and O–H groups in total. The zero-order chi connectivity index (χ0) is 34.6. The average molecular weight is 684 g/mol. The van der Waals surface area contributed by atoms with Crippen LogP contribution in [0.3, 0.4) is 0 Å². The second-order valence-corrected chi connectivity index (χ2v) is 15.5. The van der Waals surface area contributed by atoms with Gasteiger partial charge in [-0.15, -0.1) is 11.3 Å². The zero-order valence-corrected chi connectivity index (χ0v) is 29.7. The van der Waals surface area contributed by atoms with Gasteiger partial charge in [0.1, 0.15) is 11.2 Å². The number of rotatable bonds is 4. The quantitative estimate of drug-likeness (QED) is 0.184. The molecule has 52 heavy (non-hydrogen) atoms. The number of anilines is 3. The van der Waals surface area contributed by atoms with E-state index in [0.29, 0.717) is 0 Å². The lowest BCUT2D eigenvalue weighted by atomic mass is 9.82. The fraction of sp³-hybridized carbons (Fsp3) is 0.0612. The Morgan fingerprint density at radius 1 is 0.462 bits per heavy atom. The number of hydrogen-bond acceptors (Lipinski definition) is 3. The van der Waals surface area contributed by atoms with Crippen molar-refractivity contribution in [3.05, 3.63) is 175 Å². The summed E-state index contributed by atoms with van der Waals surface area (Å²) in [5.74, 6) is 0. The first-order valence-corrected chi connectivity index (χ1v) is 18.8. The predicted molar refractivity (Wildman–Crippen MR) is 222 cm³/mol. The highest BCUT2D eigenvalue weighted by molar-refractivity contribution is 7.26. The Kier molecular flexibility index (Phi) is 6.21. The Morgan fingerprint density at radius 3 is 2.02 bits per heavy atom. The Labute approximate surface area is 305 Å². The second-order valence-electron chi connectivity index (χ2n) is 14.4. The van der Waals surface area contributed by atoms with Gasteiger partial charge in [0, 0.05) is 42.1 Å². The molecule has 0 bridgehead atoms. The monoisotopic (exact) mass is 683 g/mol. The van der Waals surface area contributed by atoms with E-state index < -0.39 is 0 Å². The Balaban J connectivity index is 1.30. The van der Waals surface area contributed by atoms with Crippen molar-refractivity contribution in [2.75, 3.05) is 4.90 Å². The van der Waals surface area contributed by atoms with Gasteiger partial charge in [-0.1, -0.05) is 135 Å². The van der Waals surface area contributed by atoms with Crippen LogP contribution < -0.4 is 4.90 Å². The number of benzene rings is 8. The Bertz CT molecular complexity index is 3060. The predicted octanol–water partition coefficient (Wildman–Crippen LogP) is 14.6. The van der Waals surface area contributed by atoms with E-state index >= 15 is 0 Å². The molecule has 0 saturated heterocycles. The topological polar surface area (TPSA) is 16.4 Å².